The topological polar surface area (TPSA) is 83.1 Å². The third kappa shape index (κ3) is 3.50. The Bertz CT molecular complexity index is 643. The number of ether oxygens (including phenoxy) is 1. The highest BCUT2D eigenvalue weighted by Crippen LogP contribution is 2.30. The maximum absolute atomic E-state index is 12.3. The summed E-state index contributed by atoms with van der Waals surface area (Å²) < 4.78 is 4.96. The summed E-state index contributed by atoms with van der Waals surface area (Å²) in [4.78, 5) is 18.7. The molecule has 0 bridgehead atoms. The SMILES string of the molecule is COCCNC(=O)N1CCC[C@H]1c1nc(-c2ccccc2)n[nH]1. The normalized spacial score (nSPS) is 17.4. The van der Waals surface area contributed by atoms with Crippen molar-refractivity contribution in [2.75, 3.05) is 26.8 Å². The molecule has 1 aromatic heterocycles. The number of benzene rings is 1. The monoisotopic (exact) mass is 315 g/mol. The molecule has 2 heterocycles. The van der Waals surface area contributed by atoms with Gasteiger partial charge in [-0.1, -0.05) is 30.3 Å². The van der Waals surface area contributed by atoms with E-state index in [4.69, 9.17) is 4.74 Å². The first-order chi connectivity index (χ1) is 11.3. The van der Waals surface area contributed by atoms with Crippen LogP contribution in [0.5, 0.6) is 0 Å². The number of methoxy groups -OCH3 is 1. The van der Waals surface area contributed by atoms with Gasteiger partial charge in [-0.15, -0.1) is 0 Å². The molecule has 0 aliphatic carbocycles. The number of hydrogen-bond donors (Lipinski definition) is 2. The van der Waals surface area contributed by atoms with Crippen LogP contribution in [0.3, 0.4) is 0 Å². The van der Waals surface area contributed by atoms with Crippen molar-refractivity contribution >= 4 is 6.03 Å². The summed E-state index contributed by atoms with van der Waals surface area (Å²) >= 11 is 0. The summed E-state index contributed by atoms with van der Waals surface area (Å²) in [5.41, 5.74) is 0.962. The van der Waals surface area contributed by atoms with Crippen molar-refractivity contribution in [3.05, 3.63) is 36.2 Å². The maximum Gasteiger partial charge on any atom is 0.318 e. The van der Waals surface area contributed by atoms with Gasteiger partial charge in [0, 0.05) is 25.8 Å². The first kappa shape index (κ1) is 15.5. The Morgan fingerprint density at radius 1 is 1.43 bits per heavy atom. The Morgan fingerprint density at radius 2 is 2.26 bits per heavy atom. The molecular formula is C16H21N5O2. The van der Waals surface area contributed by atoms with Gasteiger partial charge in [-0.3, -0.25) is 5.10 Å². The van der Waals surface area contributed by atoms with Crippen LogP contribution in [-0.2, 0) is 4.74 Å². The van der Waals surface area contributed by atoms with Gasteiger partial charge >= 0.3 is 6.03 Å². The molecule has 1 aliphatic rings. The Morgan fingerprint density at radius 3 is 3.04 bits per heavy atom. The summed E-state index contributed by atoms with van der Waals surface area (Å²) in [7, 11) is 1.62. The van der Waals surface area contributed by atoms with Gasteiger partial charge in [0.25, 0.3) is 0 Å². The number of nitrogens with zero attached hydrogens (tertiary/aromatic N) is 3. The van der Waals surface area contributed by atoms with Gasteiger partial charge in [0.15, 0.2) is 5.82 Å². The smallest absolute Gasteiger partial charge is 0.318 e. The number of aromatic amines is 1. The van der Waals surface area contributed by atoms with E-state index in [0.29, 0.717) is 19.0 Å². The first-order valence-electron chi connectivity index (χ1n) is 7.80. The standard InChI is InChI=1S/C16H21N5O2/c1-23-11-9-17-16(22)21-10-5-8-13(21)15-18-14(19-20-15)12-6-3-2-4-7-12/h2-4,6-7,13H,5,8-11H2,1H3,(H,17,22)(H,18,19,20)/t13-/m0/s1. The molecule has 0 unspecified atom stereocenters. The van der Waals surface area contributed by atoms with E-state index in [0.717, 1.165) is 30.8 Å². The fraction of sp³-hybridized carbons (Fsp3) is 0.438. The number of H-pyrrole nitrogens is 1. The predicted octanol–water partition coefficient (Wildman–Crippen LogP) is 1.96. The third-order valence-electron chi connectivity index (χ3n) is 3.95. The van der Waals surface area contributed by atoms with Crippen LogP contribution in [0.4, 0.5) is 4.79 Å². The lowest BCUT2D eigenvalue weighted by Gasteiger charge is -2.23. The van der Waals surface area contributed by atoms with Crippen molar-refractivity contribution in [3.63, 3.8) is 0 Å². The lowest BCUT2D eigenvalue weighted by Crippen LogP contribution is -2.41. The highest BCUT2D eigenvalue weighted by molar-refractivity contribution is 5.75. The highest BCUT2D eigenvalue weighted by Gasteiger charge is 2.32. The zero-order chi connectivity index (χ0) is 16.1. The van der Waals surface area contributed by atoms with E-state index in [1.165, 1.54) is 0 Å². The molecule has 1 aliphatic heterocycles. The lowest BCUT2D eigenvalue weighted by atomic mass is 10.2. The van der Waals surface area contributed by atoms with E-state index in [1.807, 2.05) is 35.2 Å². The Balaban J connectivity index is 1.71. The molecule has 3 rings (SSSR count). The van der Waals surface area contributed by atoms with Crippen molar-refractivity contribution in [2.45, 2.75) is 18.9 Å². The zero-order valence-electron chi connectivity index (χ0n) is 13.2. The minimum Gasteiger partial charge on any atom is -0.383 e. The average Bonchev–Trinajstić information content (AvgIpc) is 3.25. The molecule has 23 heavy (non-hydrogen) atoms. The second-order valence-electron chi connectivity index (χ2n) is 5.49. The average molecular weight is 315 g/mol. The number of hydrogen-bond acceptors (Lipinski definition) is 4. The van der Waals surface area contributed by atoms with E-state index in [1.54, 1.807) is 7.11 Å². The number of aromatic nitrogens is 3. The Kier molecular flexibility index (Phi) is 4.87. The first-order valence-corrected chi connectivity index (χ1v) is 7.80. The number of rotatable bonds is 5. The molecule has 2 N–H and O–H groups in total. The predicted molar refractivity (Wildman–Crippen MR) is 85.8 cm³/mol. The van der Waals surface area contributed by atoms with Crippen LogP contribution >= 0.6 is 0 Å². The van der Waals surface area contributed by atoms with Crippen molar-refractivity contribution in [1.82, 2.24) is 25.4 Å². The van der Waals surface area contributed by atoms with E-state index >= 15 is 0 Å². The molecule has 1 saturated heterocycles. The summed E-state index contributed by atoms with van der Waals surface area (Å²) in [5.74, 6) is 1.40. The molecule has 2 aromatic rings. The van der Waals surface area contributed by atoms with Gasteiger partial charge in [-0.05, 0) is 12.8 Å². The molecule has 0 saturated carbocycles. The molecule has 2 amide bonds. The van der Waals surface area contributed by atoms with Crippen LogP contribution in [0.1, 0.15) is 24.7 Å². The fourth-order valence-electron chi connectivity index (χ4n) is 2.80. The zero-order valence-corrected chi connectivity index (χ0v) is 13.2. The Labute approximate surface area is 135 Å². The summed E-state index contributed by atoms with van der Waals surface area (Å²) in [6, 6.07) is 9.67. The minimum atomic E-state index is -0.0813. The van der Waals surface area contributed by atoms with E-state index < -0.39 is 0 Å². The third-order valence-corrected chi connectivity index (χ3v) is 3.95. The van der Waals surface area contributed by atoms with Crippen LogP contribution in [-0.4, -0.2) is 52.9 Å². The number of likely N-dealkylation sites (tertiary alicyclic amines) is 1. The van der Waals surface area contributed by atoms with Crippen LogP contribution in [0.25, 0.3) is 11.4 Å². The molecule has 1 fully saturated rings. The number of urea groups is 1. The number of carbonyl (C=O) groups excluding carboxylic acids is 1. The largest absolute Gasteiger partial charge is 0.383 e. The van der Waals surface area contributed by atoms with Crippen molar-refractivity contribution < 1.29 is 9.53 Å². The number of carbonyl (C=O) groups is 1. The fourth-order valence-corrected chi connectivity index (χ4v) is 2.80. The summed E-state index contributed by atoms with van der Waals surface area (Å²) in [6.45, 7) is 1.74. The van der Waals surface area contributed by atoms with Gasteiger partial charge in [0.2, 0.25) is 0 Å². The highest BCUT2D eigenvalue weighted by atomic mass is 16.5. The molecule has 122 valence electrons. The van der Waals surface area contributed by atoms with Gasteiger partial charge in [-0.2, -0.15) is 5.10 Å². The van der Waals surface area contributed by atoms with E-state index in [-0.39, 0.29) is 12.1 Å². The van der Waals surface area contributed by atoms with Crippen LogP contribution in [0, 0.1) is 0 Å². The minimum absolute atomic E-state index is 0.0532. The summed E-state index contributed by atoms with van der Waals surface area (Å²) in [6.07, 6.45) is 1.85. The van der Waals surface area contributed by atoms with Gasteiger partial charge in [0.05, 0.1) is 12.6 Å². The van der Waals surface area contributed by atoms with Crippen LogP contribution < -0.4 is 5.32 Å². The molecule has 0 spiro atoms. The van der Waals surface area contributed by atoms with Crippen LogP contribution in [0.15, 0.2) is 30.3 Å². The second-order valence-corrected chi connectivity index (χ2v) is 5.49. The summed E-state index contributed by atoms with van der Waals surface area (Å²) in [5, 5.41) is 10.1. The van der Waals surface area contributed by atoms with E-state index in [2.05, 4.69) is 20.5 Å². The van der Waals surface area contributed by atoms with Gasteiger partial charge < -0.3 is 15.0 Å². The molecule has 0 radical (unpaired) electrons. The lowest BCUT2D eigenvalue weighted by molar-refractivity contribution is 0.175. The second kappa shape index (κ2) is 7.23. The van der Waals surface area contributed by atoms with Crippen molar-refractivity contribution in [3.8, 4) is 11.4 Å². The van der Waals surface area contributed by atoms with Crippen molar-refractivity contribution in [2.24, 2.45) is 0 Å². The Hall–Kier alpha value is -2.41. The molecule has 7 nitrogen and oxygen atoms in total. The van der Waals surface area contributed by atoms with Gasteiger partial charge in [-0.25, -0.2) is 9.78 Å². The maximum atomic E-state index is 12.3. The number of amides is 2. The number of nitrogens with one attached hydrogen (secondary N) is 2. The van der Waals surface area contributed by atoms with Crippen molar-refractivity contribution in [1.29, 1.82) is 0 Å². The quantitative estimate of drug-likeness (QED) is 0.826. The van der Waals surface area contributed by atoms with Crippen LogP contribution in [0.2, 0.25) is 0 Å². The molecular weight excluding hydrogens is 294 g/mol. The van der Waals surface area contributed by atoms with E-state index in [9.17, 15) is 4.79 Å². The molecule has 7 heteroatoms. The van der Waals surface area contributed by atoms with Gasteiger partial charge in [0.1, 0.15) is 5.82 Å². The molecule has 1 atom stereocenters. The molecule has 1 aromatic carbocycles.